The lowest BCUT2D eigenvalue weighted by molar-refractivity contribution is -0.383. The summed E-state index contributed by atoms with van der Waals surface area (Å²) in [5, 5.41) is 124. The third kappa shape index (κ3) is 8.31. The van der Waals surface area contributed by atoms with Crippen LogP contribution in [0.1, 0.15) is 110 Å². The third-order valence-corrected chi connectivity index (χ3v) is 22.1. The van der Waals surface area contributed by atoms with Crippen LogP contribution in [0.5, 0.6) is 0 Å². The molecule has 0 radical (unpaired) electrons. The maximum absolute atomic E-state index is 13.8. The summed E-state index contributed by atoms with van der Waals surface area (Å²) in [6.07, 6.45) is -19.7. The number of nitrogens with one attached hydrogen (secondary N) is 1. The van der Waals surface area contributed by atoms with E-state index in [1.165, 1.54) is 0 Å². The number of carbonyl (C=O) groups excluding carboxylic acids is 2. The lowest BCUT2D eigenvalue weighted by Crippen LogP contribution is -2.78. The molecule has 5 aliphatic carbocycles. The normalized spacial score (nSPS) is 54.1. The predicted octanol–water partition coefficient (Wildman–Crippen LogP) is -0.365. The molecule has 0 aromatic heterocycles. The molecule has 9 aliphatic rings. The van der Waals surface area contributed by atoms with Crippen LogP contribution in [0.25, 0.3) is 0 Å². The van der Waals surface area contributed by atoms with Gasteiger partial charge in [0.25, 0.3) is 0 Å². The molecule has 0 amide bonds. The fourth-order valence-corrected chi connectivity index (χ4v) is 17.2. The van der Waals surface area contributed by atoms with E-state index in [0.717, 1.165) is 6.29 Å². The van der Waals surface area contributed by atoms with Gasteiger partial charge in [-0.05, 0) is 99.5 Å². The Morgan fingerprint density at radius 2 is 1.38 bits per heavy atom. The Bertz CT molecular complexity index is 2350. The molecule has 4 aliphatic heterocycles. The smallest absolute Gasteiger partial charge is 0.340 e. The summed E-state index contributed by atoms with van der Waals surface area (Å²) in [5.74, 6) is -0.662. The molecule has 1 aromatic rings. The number of fused-ring (bicyclic) bond motifs is 5. The molecular weight excluding hydrogens is 1010 g/mol. The summed E-state index contributed by atoms with van der Waals surface area (Å²) >= 11 is 0. The standard InChI is InChI=1S/C55H83NO21/c1-48(24-59)23-54(69)49(2,19-35(48)74-44(68)26-10-8-9-11-27(26)56-7)16-17-53(6)52(5)15-12-31-50(3,32(52)18-34-55(53,54)77-34)14-13-33(51(31,4)25-60)75-47-43(76-46-42(67)40(65)37(62)29(21-58)72-46)38(63)30(22-70-47)73-45-41(66)39(64)36(61)28(20-57)71-45/h8-11,24,28-43,45-47,56-58,60-67,69H,12-23,25H2,1-7H3. The van der Waals surface area contributed by atoms with Crippen molar-refractivity contribution in [3.8, 4) is 0 Å². The SMILES string of the molecule is CNc1ccccc1C(=O)OC1CC2(C)CCC3(C)C4(C)CCC5C(C)(CO)C(OC6OCC(OC7OC(CO)C(O)C(O)C7O)C(O)C6OC6OC(CO)C(O)C(O)C6O)CCC5(C)C4CC4OC43C2(O)CC1(C)C=O. The number of epoxide rings is 1. The van der Waals surface area contributed by atoms with E-state index >= 15 is 0 Å². The van der Waals surface area contributed by atoms with Gasteiger partial charge in [-0.25, -0.2) is 4.79 Å². The molecule has 27 unspecified atom stereocenters. The first kappa shape index (κ1) is 57.7. The van der Waals surface area contributed by atoms with Crippen LogP contribution in [-0.2, 0) is 42.7 Å². The number of carbonyl (C=O) groups is 2. The second kappa shape index (κ2) is 20.1. The molecule has 0 bridgehead atoms. The van der Waals surface area contributed by atoms with Crippen molar-refractivity contribution < 1.29 is 104 Å². The number of aliphatic hydroxyl groups is 11. The fraction of sp³-hybridized carbons (Fsp3) is 0.855. The minimum Gasteiger partial charge on any atom is -0.458 e. The fourth-order valence-electron chi connectivity index (χ4n) is 17.2. The second-order valence-electron chi connectivity index (χ2n) is 25.8. The van der Waals surface area contributed by atoms with E-state index in [2.05, 4.69) is 33.0 Å². The van der Waals surface area contributed by atoms with Crippen LogP contribution >= 0.6 is 0 Å². The van der Waals surface area contributed by atoms with Crippen molar-refractivity contribution in [2.75, 3.05) is 38.8 Å². The Hall–Kier alpha value is -2.56. The molecule has 1 spiro atoms. The van der Waals surface area contributed by atoms with Crippen LogP contribution in [0.15, 0.2) is 24.3 Å². The highest BCUT2D eigenvalue weighted by Crippen LogP contribution is 2.84. The molecule has 1 aromatic carbocycles. The first-order valence-electron chi connectivity index (χ1n) is 27.6. The van der Waals surface area contributed by atoms with Crippen molar-refractivity contribution in [3.05, 3.63) is 29.8 Å². The molecule has 434 valence electrons. The van der Waals surface area contributed by atoms with E-state index < -0.39 is 168 Å². The van der Waals surface area contributed by atoms with Crippen LogP contribution in [0.2, 0.25) is 0 Å². The summed E-state index contributed by atoms with van der Waals surface area (Å²) in [5.41, 5.74) is -5.86. The van der Waals surface area contributed by atoms with Crippen LogP contribution < -0.4 is 5.32 Å². The number of benzene rings is 1. The Balaban J connectivity index is 0.899. The van der Waals surface area contributed by atoms with E-state index in [-0.39, 0.29) is 37.4 Å². The van der Waals surface area contributed by atoms with E-state index in [1.54, 1.807) is 32.2 Å². The number of anilines is 1. The zero-order valence-electron chi connectivity index (χ0n) is 45.1. The van der Waals surface area contributed by atoms with Crippen molar-refractivity contribution in [1.29, 1.82) is 0 Å². The number of hydrogen-bond acceptors (Lipinski definition) is 22. The zero-order valence-corrected chi connectivity index (χ0v) is 45.1. The van der Waals surface area contributed by atoms with Gasteiger partial charge < -0.3 is 104 Å². The second-order valence-corrected chi connectivity index (χ2v) is 25.8. The Morgan fingerprint density at radius 1 is 0.740 bits per heavy atom. The van der Waals surface area contributed by atoms with Gasteiger partial charge >= 0.3 is 5.97 Å². The van der Waals surface area contributed by atoms with Crippen LogP contribution in [0, 0.1) is 44.3 Å². The van der Waals surface area contributed by atoms with Crippen molar-refractivity contribution in [3.63, 3.8) is 0 Å². The average molecular weight is 1090 g/mol. The Kier molecular flexibility index (Phi) is 15.1. The molecule has 9 fully saturated rings. The molecule has 12 N–H and O–H groups in total. The van der Waals surface area contributed by atoms with Gasteiger partial charge in [0.15, 0.2) is 18.9 Å². The molecule has 27 atom stereocenters. The monoisotopic (exact) mass is 1090 g/mol. The summed E-state index contributed by atoms with van der Waals surface area (Å²) in [6.45, 7) is 10.4. The molecule has 4 heterocycles. The van der Waals surface area contributed by atoms with Gasteiger partial charge in [0.1, 0.15) is 90.7 Å². The molecular formula is C55H83NO21. The minimum absolute atomic E-state index is 0.0384. The molecule has 10 rings (SSSR count). The lowest BCUT2D eigenvalue weighted by Gasteiger charge is -2.74. The van der Waals surface area contributed by atoms with E-state index in [0.29, 0.717) is 56.2 Å². The topological polar surface area (TPSA) is 346 Å². The molecule has 77 heavy (non-hydrogen) atoms. The van der Waals surface area contributed by atoms with Crippen LogP contribution in [-0.4, -0.2) is 217 Å². The van der Waals surface area contributed by atoms with Crippen molar-refractivity contribution in [1.82, 2.24) is 0 Å². The minimum atomic E-state index is -1.89. The van der Waals surface area contributed by atoms with Gasteiger partial charge in [0.2, 0.25) is 0 Å². The highest BCUT2D eigenvalue weighted by Gasteiger charge is 2.89. The third-order valence-electron chi connectivity index (χ3n) is 22.1. The number of aliphatic hydroxyl groups excluding tert-OH is 10. The summed E-state index contributed by atoms with van der Waals surface area (Å²) in [6, 6.07) is 7.04. The van der Waals surface area contributed by atoms with Crippen molar-refractivity contribution >= 4 is 17.9 Å². The van der Waals surface area contributed by atoms with Gasteiger partial charge in [-0.1, -0.05) is 46.8 Å². The Labute approximate surface area is 448 Å². The van der Waals surface area contributed by atoms with Crippen molar-refractivity contribution in [2.24, 2.45) is 44.3 Å². The summed E-state index contributed by atoms with van der Waals surface area (Å²) in [7, 11) is 1.72. The average Bonchev–Trinajstić information content (AvgIpc) is 4.24. The number of rotatable bonds is 13. The van der Waals surface area contributed by atoms with Gasteiger partial charge in [-0.3, -0.25) is 0 Å². The Morgan fingerprint density at radius 3 is 1.99 bits per heavy atom. The maximum Gasteiger partial charge on any atom is 0.340 e. The molecule has 22 heteroatoms. The summed E-state index contributed by atoms with van der Waals surface area (Å²) < 4.78 is 49.9. The highest BCUT2D eigenvalue weighted by molar-refractivity contribution is 5.95. The summed E-state index contributed by atoms with van der Waals surface area (Å²) in [4.78, 5) is 27.2. The number of para-hydroxylation sites is 1. The van der Waals surface area contributed by atoms with Crippen LogP contribution in [0.4, 0.5) is 5.69 Å². The first-order valence-corrected chi connectivity index (χ1v) is 27.6. The number of hydrogen-bond donors (Lipinski definition) is 12. The molecule has 5 saturated carbocycles. The van der Waals surface area contributed by atoms with E-state index in [1.807, 2.05) is 13.0 Å². The number of esters is 1. The molecule has 22 nitrogen and oxygen atoms in total. The van der Waals surface area contributed by atoms with E-state index in [9.17, 15) is 65.8 Å². The number of aldehydes is 1. The van der Waals surface area contributed by atoms with Crippen molar-refractivity contribution in [2.45, 2.75) is 215 Å². The molecule has 4 saturated heterocycles. The van der Waals surface area contributed by atoms with E-state index in [4.69, 9.17) is 37.9 Å². The van der Waals surface area contributed by atoms with Gasteiger partial charge in [-0.15, -0.1) is 0 Å². The lowest BCUT2D eigenvalue weighted by atomic mass is 9.30. The maximum atomic E-state index is 13.8. The quantitative estimate of drug-likeness (QED) is 0.0519. The van der Waals surface area contributed by atoms with Gasteiger partial charge in [0.05, 0.1) is 49.6 Å². The van der Waals surface area contributed by atoms with Gasteiger partial charge in [0, 0.05) is 29.0 Å². The number of ether oxygens (including phenoxy) is 8. The van der Waals surface area contributed by atoms with Gasteiger partial charge in [-0.2, -0.15) is 0 Å². The van der Waals surface area contributed by atoms with Crippen LogP contribution in [0.3, 0.4) is 0 Å². The predicted molar refractivity (Wildman–Crippen MR) is 266 cm³/mol. The zero-order chi connectivity index (χ0) is 55.8. The highest BCUT2D eigenvalue weighted by atomic mass is 16.8. The first-order chi connectivity index (χ1) is 36.3. The largest absolute Gasteiger partial charge is 0.458 e.